The van der Waals surface area contributed by atoms with E-state index >= 15 is 0 Å². The predicted molar refractivity (Wildman–Crippen MR) is 79.3 cm³/mol. The molecule has 8 heteroatoms. The van der Waals surface area contributed by atoms with E-state index in [1.165, 1.54) is 4.90 Å². The molecule has 1 N–H and O–H groups in total. The Labute approximate surface area is 133 Å². The molecule has 0 unspecified atom stereocenters. The van der Waals surface area contributed by atoms with Crippen molar-refractivity contribution in [2.45, 2.75) is 0 Å². The molecule has 0 spiro atoms. The lowest BCUT2D eigenvalue weighted by molar-refractivity contribution is -0.150. The second kappa shape index (κ2) is 9.04. The molecule has 0 saturated heterocycles. The first-order valence-corrected chi connectivity index (χ1v) is 6.68. The van der Waals surface area contributed by atoms with Gasteiger partial charge in [-0.3, -0.25) is 9.59 Å². The highest BCUT2D eigenvalue weighted by Crippen LogP contribution is 2.16. The summed E-state index contributed by atoms with van der Waals surface area (Å²) in [6.07, 6.45) is 0. The average Bonchev–Trinajstić information content (AvgIpc) is 2.55. The summed E-state index contributed by atoms with van der Waals surface area (Å²) < 4.78 is 9.87. The molecule has 0 aliphatic heterocycles. The molecule has 1 aromatic carbocycles. The van der Waals surface area contributed by atoms with Crippen LogP contribution in [0.5, 0.6) is 5.75 Å². The molecule has 1 rings (SSSR count). The highest BCUT2D eigenvalue weighted by molar-refractivity contribution is 5.86. The second-order valence-electron chi connectivity index (χ2n) is 4.62. The van der Waals surface area contributed by atoms with Crippen LogP contribution in [0.3, 0.4) is 0 Å². The van der Waals surface area contributed by atoms with Crippen molar-refractivity contribution >= 4 is 17.8 Å². The van der Waals surface area contributed by atoms with E-state index in [2.05, 4.69) is 5.32 Å². The van der Waals surface area contributed by atoms with Crippen LogP contribution < -0.4 is 10.1 Å². The van der Waals surface area contributed by atoms with Crippen LogP contribution in [0.25, 0.3) is 0 Å². The third-order valence-electron chi connectivity index (χ3n) is 2.65. The van der Waals surface area contributed by atoms with Gasteiger partial charge >= 0.3 is 5.97 Å². The highest BCUT2D eigenvalue weighted by Gasteiger charge is 2.11. The molecule has 0 aromatic heterocycles. The molecule has 0 aliphatic rings. The van der Waals surface area contributed by atoms with Crippen molar-refractivity contribution < 1.29 is 23.9 Å². The highest BCUT2D eigenvalue weighted by atomic mass is 16.6. The zero-order chi connectivity index (χ0) is 17.2. The average molecular weight is 319 g/mol. The summed E-state index contributed by atoms with van der Waals surface area (Å²) in [5.74, 6) is -1.37. The Morgan fingerprint density at radius 3 is 2.57 bits per heavy atom. The van der Waals surface area contributed by atoms with E-state index in [9.17, 15) is 14.4 Å². The first-order chi connectivity index (χ1) is 10.9. The summed E-state index contributed by atoms with van der Waals surface area (Å²) in [6.45, 7) is -1.11. The van der Waals surface area contributed by atoms with Gasteiger partial charge in [0.15, 0.2) is 13.2 Å². The van der Waals surface area contributed by atoms with E-state index in [0.29, 0.717) is 5.56 Å². The number of para-hydroxylation sites is 1. The van der Waals surface area contributed by atoms with Gasteiger partial charge in [-0.1, -0.05) is 12.1 Å². The number of nitriles is 1. The quantitative estimate of drug-likeness (QED) is 0.690. The minimum Gasteiger partial charge on any atom is -0.481 e. The van der Waals surface area contributed by atoms with E-state index in [0.717, 1.165) is 0 Å². The summed E-state index contributed by atoms with van der Waals surface area (Å²) in [7, 11) is 3.12. The SMILES string of the molecule is CN(C)C(=O)CNC(=O)COC(=O)COc1ccccc1C#N. The maximum absolute atomic E-state index is 11.5. The fourth-order valence-electron chi connectivity index (χ4n) is 1.39. The van der Waals surface area contributed by atoms with Gasteiger partial charge in [0.25, 0.3) is 5.91 Å². The van der Waals surface area contributed by atoms with Crippen molar-refractivity contribution in [2.24, 2.45) is 0 Å². The third-order valence-corrected chi connectivity index (χ3v) is 2.65. The Morgan fingerprint density at radius 1 is 1.22 bits per heavy atom. The van der Waals surface area contributed by atoms with E-state index in [4.69, 9.17) is 14.7 Å². The summed E-state index contributed by atoms with van der Waals surface area (Å²) in [4.78, 5) is 35.5. The summed E-state index contributed by atoms with van der Waals surface area (Å²) in [6, 6.07) is 8.36. The Hall–Kier alpha value is -3.08. The molecular weight excluding hydrogens is 302 g/mol. The van der Waals surface area contributed by atoms with E-state index in [1.54, 1.807) is 38.4 Å². The molecule has 0 radical (unpaired) electrons. The van der Waals surface area contributed by atoms with Gasteiger partial charge < -0.3 is 19.7 Å². The summed E-state index contributed by atoms with van der Waals surface area (Å²) >= 11 is 0. The summed E-state index contributed by atoms with van der Waals surface area (Å²) in [5, 5.41) is 11.2. The van der Waals surface area contributed by atoms with Crippen LogP contribution in [0, 0.1) is 11.3 Å². The number of nitrogens with one attached hydrogen (secondary N) is 1. The molecule has 23 heavy (non-hydrogen) atoms. The van der Waals surface area contributed by atoms with Crippen molar-refractivity contribution in [3.8, 4) is 11.8 Å². The molecule has 2 amide bonds. The number of rotatable bonds is 7. The van der Waals surface area contributed by atoms with Gasteiger partial charge in [-0.15, -0.1) is 0 Å². The Morgan fingerprint density at radius 2 is 1.91 bits per heavy atom. The van der Waals surface area contributed by atoms with E-state index in [-0.39, 0.29) is 18.2 Å². The normalized spacial score (nSPS) is 9.43. The number of hydrogen-bond donors (Lipinski definition) is 1. The molecular formula is C15H17N3O5. The number of ether oxygens (including phenoxy) is 2. The Bertz CT molecular complexity index is 622. The maximum Gasteiger partial charge on any atom is 0.344 e. The number of likely N-dealkylation sites (N-methyl/N-ethyl adjacent to an activating group) is 1. The topological polar surface area (TPSA) is 109 Å². The number of amides is 2. The minimum atomic E-state index is -0.758. The molecule has 1 aromatic rings. The lowest BCUT2D eigenvalue weighted by atomic mass is 10.2. The van der Waals surface area contributed by atoms with Gasteiger partial charge in [0.2, 0.25) is 5.91 Å². The lowest BCUT2D eigenvalue weighted by Gasteiger charge is -2.11. The number of nitrogens with zero attached hydrogens (tertiary/aromatic N) is 2. The molecule has 0 bridgehead atoms. The Kier molecular flexibility index (Phi) is 7.07. The maximum atomic E-state index is 11.5. The van der Waals surface area contributed by atoms with E-state index in [1.807, 2.05) is 6.07 Å². The Balaban J connectivity index is 2.31. The van der Waals surface area contributed by atoms with Crippen LogP contribution in [0.4, 0.5) is 0 Å². The molecule has 0 atom stereocenters. The van der Waals surface area contributed by atoms with Gasteiger partial charge in [0.05, 0.1) is 12.1 Å². The zero-order valence-corrected chi connectivity index (χ0v) is 12.9. The van der Waals surface area contributed by atoms with Crippen LogP contribution in [0.1, 0.15) is 5.56 Å². The standard InChI is InChI=1S/C15H17N3O5/c1-18(2)14(20)8-17-13(19)9-23-15(21)10-22-12-6-4-3-5-11(12)7-16/h3-6H,8-10H2,1-2H3,(H,17,19). The third kappa shape index (κ3) is 6.48. The van der Waals surface area contributed by atoms with Crippen LogP contribution in [0.15, 0.2) is 24.3 Å². The fourth-order valence-corrected chi connectivity index (χ4v) is 1.39. The molecule has 0 saturated carbocycles. The smallest absolute Gasteiger partial charge is 0.344 e. The van der Waals surface area contributed by atoms with Crippen LogP contribution >= 0.6 is 0 Å². The number of hydrogen-bond acceptors (Lipinski definition) is 6. The molecule has 0 fully saturated rings. The first-order valence-electron chi connectivity index (χ1n) is 6.68. The van der Waals surface area contributed by atoms with Crippen molar-refractivity contribution in [1.82, 2.24) is 10.2 Å². The number of benzene rings is 1. The minimum absolute atomic E-state index is 0.171. The van der Waals surface area contributed by atoms with Crippen LogP contribution in [-0.4, -0.2) is 56.5 Å². The first kappa shape index (κ1) is 18.0. The molecule has 0 aliphatic carbocycles. The second-order valence-corrected chi connectivity index (χ2v) is 4.62. The predicted octanol–water partition coefficient (Wildman–Crippen LogP) is -0.315. The van der Waals surface area contributed by atoms with Crippen LogP contribution in [0.2, 0.25) is 0 Å². The monoisotopic (exact) mass is 319 g/mol. The van der Waals surface area contributed by atoms with Gasteiger partial charge in [0, 0.05) is 14.1 Å². The van der Waals surface area contributed by atoms with Gasteiger partial charge in [-0.05, 0) is 12.1 Å². The van der Waals surface area contributed by atoms with Crippen molar-refractivity contribution in [2.75, 3.05) is 33.9 Å². The molecule has 8 nitrogen and oxygen atoms in total. The fraction of sp³-hybridized carbons (Fsp3) is 0.333. The van der Waals surface area contributed by atoms with Gasteiger partial charge in [0.1, 0.15) is 11.8 Å². The largest absolute Gasteiger partial charge is 0.481 e. The van der Waals surface area contributed by atoms with Crippen molar-refractivity contribution in [1.29, 1.82) is 5.26 Å². The summed E-state index contributed by atoms with van der Waals surface area (Å²) in [5.41, 5.74) is 0.292. The van der Waals surface area contributed by atoms with Crippen LogP contribution in [-0.2, 0) is 19.1 Å². The number of carbonyl (C=O) groups excluding carboxylic acids is 3. The number of carbonyl (C=O) groups is 3. The number of esters is 1. The molecule has 0 heterocycles. The van der Waals surface area contributed by atoms with Gasteiger partial charge in [-0.25, -0.2) is 4.79 Å². The van der Waals surface area contributed by atoms with Crippen molar-refractivity contribution in [3.63, 3.8) is 0 Å². The lowest BCUT2D eigenvalue weighted by Crippen LogP contribution is -2.38. The van der Waals surface area contributed by atoms with Gasteiger partial charge in [-0.2, -0.15) is 5.26 Å². The molecule has 122 valence electrons. The van der Waals surface area contributed by atoms with Crippen molar-refractivity contribution in [3.05, 3.63) is 29.8 Å². The zero-order valence-electron chi connectivity index (χ0n) is 12.9. The van der Waals surface area contributed by atoms with E-state index < -0.39 is 25.1 Å².